The average Bonchev–Trinajstić information content (AvgIpc) is 3.62. The molecular weight excluding hydrogens is 408 g/mol. The highest BCUT2D eigenvalue weighted by Gasteiger charge is 2.11. The highest BCUT2D eigenvalue weighted by Crippen LogP contribution is 2.17. The van der Waals surface area contributed by atoms with Crippen LogP contribution in [0.1, 0.15) is 11.4 Å². The Morgan fingerprint density at radius 1 is 0.515 bits per heavy atom. The molecule has 0 saturated heterocycles. The van der Waals surface area contributed by atoms with Gasteiger partial charge in [0.2, 0.25) is 0 Å². The number of hydrogen-bond donors (Lipinski definition) is 3. The molecule has 6 heteroatoms. The molecule has 3 N–H and O–H groups in total. The number of rotatable bonds is 0. The lowest BCUT2D eigenvalue weighted by Crippen LogP contribution is -2.12. The third-order valence-electron chi connectivity index (χ3n) is 5.85. The van der Waals surface area contributed by atoms with Crippen molar-refractivity contribution in [2.24, 2.45) is 15.0 Å². The number of fused-ring (bicyclic) bond motifs is 10. The van der Waals surface area contributed by atoms with Gasteiger partial charge in [0.15, 0.2) is 0 Å². The first-order valence-electron chi connectivity index (χ1n) is 10.8. The Balaban J connectivity index is 1.44. The topological polar surface area (TPSA) is 84.4 Å². The summed E-state index contributed by atoms with van der Waals surface area (Å²) in [4.78, 5) is 24.6. The van der Waals surface area contributed by atoms with Crippen molar-refractivity contribution in [3.8, 4) is 0 Å². The van der Waals surface area contributed by atoms with Crippen LogP contribution in [0.4, 0.5) is 0 Å². The first kappa shape index (κ1) is 17.9. The molecule has 0 aromatic carbocycles. The van der Waals surface area contributed by atoms with Gasteiger partial charge in [-0.3, -0.25) is 0 Å². The van der Waals surface area contributed by atoms with Crippen molar-refractivity contribution in [2.45, 2.75) is 0 Å². The van der Waals surface area contributed by atoms with Gasteiger partial charge < -0.3 is 15.0 Å². The average molecular weight is 426 g/mol. The predicted molar refractivity (Wildman–Crippen MR) is 133 cm³/mol. The molecule has 6 nitrogen and oxygen atoms in total. The van der Waals surface area contributed by atoms with Crippen LogP contribution in [0, 0.1) is 0 Å². The molecule has 4 aliphatic rings. The van der Waals surface area contributed by atoms with Gasteiger partial charge in [-0.1, -0.05) is 0 Å². The van der Waals surface area contributed by atoms with E-state index >= 15 is 0 Å². The molecule has 4 aliphatic heterocycles. The number of aromatic nitrogens is 3. The molecule has 0 spiro atoms. The van der Waals surface area contributed by atoms with Gasteiger partial charge in [-0.05, 0) is 91.1 Å². The van der Waals surface area contributed by atoms with Crippen LogP contribution in [0.15, 0.2) is 99.6 Å². The molecule has 3 aromatic rings. The van der Waals surface area contributed by atoms with Crippen molar-refractivity contribution in [2.75, 3.05) is 0 Å². The van der Waals surface area contributed by atoms with Crippen LogP contribution in [-0.4, -0.2) is 32.1 Å². The second-order valence-electron chi connectivity index (χ2n) is 8.18. The highest BCUT2D eigenvalue weighted by molar-refractivity contribution is 6.21. The zero-order chi connectivity index (χ0) is 21.8. The van der Waals surface area contributed by atoms with Gasteiger partial charge in [0, 0.05) is 16.4 Å². The minimum atomic E-state index is 0.880. The summed E-state index contributed by atoms with van der Waals surface area (Å²) < 4.78 is 0. The molecular formula is C27H18N6. The summed E-state index contributed by atoms with van der Waals surface area (Å²) in [7, 11) is 0. The van der Waals surface area contributed by atoms with Gasteiger partial charge in [0.05, 0.1) is 50.6 Å². The molecule has 7 heterocycles. The zero-order valence-electron chi connectivity index (χ0n) is 17.5. The number of nitrogens with zero attached hydrogens (tertiary/aromatic N) is 3. The smallest absolute Gasteiger partial charge is 0.0872 e. The lowest BCUT2D eigenvalue weighted by molar-refractivity contribution is 1.24. The molecule has 3 aromatic heterocycles. The third-order valence-corrected chi connectivity index (χ3v) is 5.85. The molecule has 0 atom stereocenters. The van der Waals surface area contributed by atoms with Gasteiger partial charge in [0.1, 0.15) is 0 Å². The second kappa shape index (κ2) is 6.90. The first-order valence-corrected chi connectivity index (χ1v) is 10.8. The van der Waals surface area contributed by atoms with Crippen LogP contribution >= 0.6 is 0 Å². The van der Waals surface area contributed by atoms with E-state index in [9.17, 15) is 0 Å². The number of aromatic amines is 3. The maximum absolute atomic E-state index is 4.77. The zero-order valence-corrected chi connectivity index (χ0v) is 17.5. The van der Waals surface area contributed by atoms with E-state index < -0.39 is 0 Å². The van der Waals surface area contributed by atoms with Gasteiger partial charge in [-0.2, -0.15) is 0 Å². The number of hydrogen-bond acceptors (Lipinski definition) is 3. The summed E-state index contributed by atoms with van der Waals surface area (Å²) in [6.07, 6.45) is 18.2. The minimum absolute atomic E-state index is 0.880. The van der Waals surface area contributed by atoms with E-state index in [1.54, 1.807) is 0 Å². The summed E-state index contributed by atoms with van der Waals surface area (Å²) in [6, 6.07) is 12.3. The molecule has 0 amide bonds. The maximum Gasteiger partial charge on any atom is 0.0872 e. The molecule has 156 valence electrons. The molecule has 0 fully saturated rings. The summed E-state index contributed by atoms with van der Waals surface area (Å²) in [5.41, 5.74) is 7.37. The summed E-state index contributed by atoms with van der Waals surface area (Å²) >= 11 is 0. The van der Waals surface area contributed by atoms with Crippen molar-refractivity contribution in [3.63, 3.8) is 0 Å². The first-order chi connectivity index (χ1) is 16.2. The number of aliphatic imine (C=N–C) groups is 3. The minimum Gasteiger partial charge on any atom is -0.354 e. The van der Waals surface area contributed by atoms with Gasteiger partial charge >= 0.3 is 0 Å². The van der Waals surface area contributed by atoms with Crippen molar-refractivity contribution >= 4 is 40.7 Å². The second-order valence-corrected chi connectivity index (χ2v) is 8.18. The Morgan fingerprint density at radius 3 is 1.97 bits per heavy atom. The highest BCUT2D eigenvalue weighted by atomic mass is 14.9. The predicted octanol–water partition coefficient (Wildman–Crippen LogP) is 1.47. The summed E-state index contributed by atoms with van der Waals surface area (Å²) in [5, 5.41) is 3.95. The lowest BCUT2D eigenvalue weighted by atomic mass is 10.2. The number of H-pyrrole nitrogens is 3. The van der Waals surface area contributed by atoms with Crippen molar-refractivity contribution in [3.05, 3.63) is 117 Å². The quantitative estimate of drug-likeness (QED) is 0.487. The monoisotopic (exact) mass is 426 g/mol. The van der Waals surface area contributed by atoms with E-state index in [1.807, 2.05) is 60.7 Å². The van der Waals surface area contributed by atoms with E-state index in [-0.39, 0.29) is 0 Å². The molecule has 7 rings (SSSR count). The Morgan fingerprint density at radius 2 is 1.21 bits per heavy atom. The molecule has 33 heavy (non-hydrogen) atoms. The van der Waals surface area contributed by atoms with Crippen LogP contribution in [-0.2, 0) is 0 Å². The fourth-order valence-electron chi connectivity index (χ4n) is 4.24. The lowest BCUT2D eigenvalue weighted by Gasteiger charge is -1.94. The van der Waals surface area contributed by atoms with Crippen molar-refractivity contribution in [1.29, 1.82) is 0 Å². The molecule has 0 saturated carbocycles. The Labute approximate surface area is 188 Å². The summed E-state index contributed by atoms with van der Waals surface area (Å²) in [6.45, 7) is 0. The molecule has 0 unspecified atom stereocenters. The van der Waals surface area contributed by atoms with Crippen molar-refractivity contribution in [1.82, 2.24) is 15.0 Å². The number of allylic oxidation sites excluding steroid dienone is 5. The molecule has 0 radical (unpaired) electrons. The third kappa shape index (κ3) is 3.25. The fourth-order valence-corrected chi connectivity index (χ4v) is 4.24. The molecule has 12 bridgehead atoms. The van der Waals surface area contributed by atoms with Crippen LogP contribution < -0.4 is 21.4 Å². The normalized spacial score (nSPS) is 17.8. The Bertz CT molecular complexity index is 1800. The fraction of sp³-hybridized carbons (Fsp3) is 0. The van der Waals surface area contributed by atoms with Gasteiger partial charge in [0.25, 0.3) is 0 Å². The molecule has 0 aliphatic carbocycles. The Hall–Kier alpha value is -4.71. The van der Waals surface area contributed by atoms with Crippen LogP contribution in [0.3, 0.4) is 0 Å². The SMILES string of the molecule is C1=CC2=NC1=CC1=NC(=c3ccc([nH]3)=CC3=NC(=c4ccc([nH]4)=Cc4ccc2[nH]4)C=C3)C=C1. The standard InChI is InChI=1S/C27H18N6/c1-7-22-23-8-3-18(30-23)14-19-5-11-26(32-19)27-12-6-21(33-27)15-20-4-10-25(31-20)24-9-2-17(29-24)13-16(1)28-22/h1-15,28-29,32H. The number of nitrogens with one attached hydrogen (secondary N) is 3. The van der Waals surface area contributed by atoms with Crippen LogP contribution in [0.2, 0.25) is 0 Å². The maximum atomic E-state index is 4.77. The summed E-state index contributed by atoms with van der Waals surface area (Å²) in [5.74, 6) is 0. The van der Waals surface area contributed by atoms with Crippen LogP contribution in [0.25, 0.3) is 23.5 Å². The largest absolute Gasteiger partial charge is 0.354 e. The van der Waals surface area contributed by atoms with Crippen LogP contribution in [0.5, 0.6) is 0 Å². The van der Waals surface area contributed by atoms with Gasteiger partial charge in [-0.15, -0.1) is 0 Å². The van der Waals surface area contributed by atoms with E-state index in [1.165, 1.54) is 0 Å². The van der Waals surface area contributed by atoms with E-state index in [0.29, 0.717) is 0 Å². The Kier molecular flexibility index (Phi) is 3.75. The van der Waals surface area contributed by atoms with E-state index in [0.717, 1.165) is 67.0 Å². The van der Waals surface area contributed by atoms with Gasteiger partial charge in [-0.25, -0.2) is 15.0 Å². The van der Waals surface area contributed by atoms with E-state index in [4.69, 9.17) is 15.0 Å². The van der Waals surface area contributed by atoms with Crippen molar-refractivity contribution < 1.29 is 0 Å². The van der Waals surface area contributed by atoms with E-state index in [2.05, 4.69) is 45.3 Å².